The molecule has 138 valence electrons. The summed E-state index contributed by atoms with van der Waals surface area (Å²) in [6.07, 6.45) is 1.65. The van der Waals surface area contributed by atoms with Crippen molar-refractivity contribution in [2.75, 3.05) is 11.9 Å². The number of pyridine rings is 1. The van der Waals surface area contributed by atoms with Crippen LogP contribution >= 0.6 is 0 Å². The molecule has 0 spiro atoms. The number of aromatic nitrogens is 1. The van der Waals surface area contributed by atoms with Crippen LogP contribution in [0.2, 0.25) is 0 Å². The molecule has 0 fully saturated rings. The number of anilines is 1. The SMILES string of the molecule is CC(C)COc1cc(OC(C)C)cc(C(C)Nc2ccc(C#N)cn2)c1. The van der Waals surface area contributed by atoms with Gasteiger partial charge >= 0.3 is 0 Å². The smallest absolute Gasteiger partial charge is 0.126 e. The molecular weight excluding hydrogens is 326 g/mol. The van der Waals surface area contributed by atoms with Crippen LogP contribution < -0.4 is 14.8 Å². The average molecular weight is 353 g/mol. The van der Waals surface area contributed by atoms with Gasteiger partial charge < -0.3 is 14.8 Å². The Kier molecular flexibility index (Phi) is 6.85. The fourth-order valence-electron chi connectivity index (χ4n) is 2.38. The zero-order valence-corrected chi connectivity index (χ0v) is 16.1. The summed E-state index contributed by atoms with van der Waals surface area (Å²) in [7, 11) is 0. The van der Waals surface area contributed by atoms with E-state index in [9.17, 15) is 0 Å². The quantitative estimate of drug-likeness (QED) is 0.727. The summed E-state index contributed by atoms with van der Waals surface area (Å²) in [6, 6.07) is 11.6. The predicted molar refractivity (Wildman–Crippen MR) is 104 cm³/mol. The zero-order chi connectivity index (χ0) is 19.1. The molecule has 5 heteroatoms. The molecule has 1 heterocycles. The molecule has 5 nitrogen and oxygen atoms in total. The van der Waals surface area contributed by atoms with Gasteiger partial charge in [0.2, 0.25) is 0 Å². The van der Waals surface area contributed by atoms with E-state index in [1.165, 1.54) is 0 Å². The third-order valence-electron chi connectivity index (χ3n) is 3.61. The molecule has 0 aliphatic heterocycles. The van der Waals surface area contributed by atoms with Crippen LogP contribution in [0, 0.1) is 17.2 Å². The van der Waals surface area contributed by atoms with Crippen molar-refractivity contribution in [3.05, 3.63) is 47.7 Å². The Morgan fingerprint density at radius 3 is 2.38 bits per heavy atom. The highest BCUT2D eigenvalue weighted by molar-refractivity contribution is 5.45. The van der Waals surface area contributed by atoms with Gasteiger partial charge in [0.25, 0.3) is 0 Å². The van der Waals surface area contributed by atoms with E-state index in [4.69, 9.17) is 14.7 Å². The fraction of sp³-hybridized carbons (Fsp3) is 0.429. The first-order valence-corrected chi connectivity index (χ1v) is 8.94. The molecule has 0 aliphatic carbocycles. The second-order valence-electron chi connectivity index (χ2n) is 7.02. The Labute approximate surface area is 156 Å². The number of hydrogen-bond acceptors (Lipinski definition) is 5. The number of nitrogens with one attached hydrogen (secondary N) is 1. The van der Waals surface area contributed by atoms with Gasteiger partial charge in [-0.25, -0.2) is 4.98 Å². The molecule has 0 bridgehead atoms. The van der Waals surface area contributed by atoms with E-state index in [2.05, 4.69) is 37.1 Å². The van der Waals surface area contributed by atoms with Crippen molar-refractivity contribution < 1.29 is 9.47 Å². The molecule has 0 saturated heterocycles. The van der Waals surface area contributed by atoms with E-state index < -0.39 is 0 Å². The Morgan fingerprint density at radius 1 is 1.08 bits per heavy atom. The highest BCUT2D eigenvalue weighted by Gasteiger charge is 2.12. The Morgan fingerprint density at radius 2 is 1.81 bits per heavy atom. The van der Waals surface area contributed by atoms with Crippen LogP contribution in [0.15, 0.2) is 36.5 Å². The maximum absolute atomic E-state index is 8.87. The van der Waals surface area contributed by atoms with E-state index in [-0.39, 0.29) is 12.1 Å². The van der Waals surface area contributed by atoms with Crippen molar-refractivity contribution in [1.82, 2.24) is 4.98 Å². The number of nitriles is 1. The van der Waals surface area contributed by atoms with E-state index in [1.54, 1.807) is 18.3 Å². The summed E-state index contributed by atoms with van der Waals surface area (Å²) in [5.41, 5.74) is 1.59. The van der Waals surface area contributed by atoms with E-state index in [1.807, 2.05) is 32.0 Å². The first-order chi connectivity index (χ1) is 12.4. The van der Waals surface area contributed by atoms with Crippen LogP contribution in [0.4, 0.5) is 5.82 Å². The van der Waals surface area contributed by atoms with Gasteiger partial charge in [0.15, 0.2) is 0 Å². The molecule has 1 atom stereocenters. The molecule has 0 radical (unpaired) electrons. The lowest BCUT2D eigenvalue weighted by Crippen LogP contribution is -2.11. The van der Waals surface area contributed by atoms with Crippen LogP contribution in [-0.4, -0.2) is 17.7 Å². The number of hydrogen-bond donors (Lipinski definition) is 1. The normalized spacial score (nSPS) is 11.9. The maximum atomic E-state index is 8.87. The first-order valence-electron chi connectivity index (χ1n) is 8.94. The summed E-state index contributed by atoms with van der Waals surface area (Å²) in [6.45, 7) is 11.0. The van der Waals surface area contributed by atoms with Crippen LogP contribution in [0.1, 0.15) is 51.8 Å². The van der Waals surface area contributed by atoms with Gasteiger partial charge in [0.1, 0.15) is 23.4 Å². The topological polar surface area (TPSA) is 67.2 Å². The number of rotatable bonds is 8. The lowest BCUT2D eigenvalue weighted by molar-refractivity contribution is 0.237. The van der Waals surface area contributed by atoms with Gasteiger partial charge in [-0.05, 0) is 56.5 Å². The van der Waals surface area contributed by atoms with E-state index in [0.717, 1.165) is 22.9 Å². The molecule has 26 heavy (non-hydrogen) atoms. The summed E-state index contributed by atoms with van der Waals surface area (Å²) in [5, 5.41) is 12.2. The van der Waals surface area contributed by atoms with Crippen LogP contribution in [-0.2, 0) is 0 Å². The van der Waals surface area contributed by atoms with Crippen LogP contribution in [0.25, 0.3) is 0 Å². The standard InChI is InChI=1S/C21H27N3O2/c1-14(2)13-25-19-8-18(9-20(10-19)26-15(3)4)16(5)24-21-7-6-17(11-22)12-23-21/h6-10,12,14-16H,13H2,1-5H3,(H,23,24). The first kappa shape index (κ1) is 19.6. The number of benzene rings is 1. The zero-order valence-electron chi connectivity index (χ0n) is 16.1. The highest BCUT2D eigenvalue weighted by Crippen LogP contribution is 2.29. The monoisotopic (exact) mass is 353 g/mol. The molecule has 1 aromatic heterocycles. The molecule has 2 rings (SSSR count). The molecule has 1 aromatic carbocycles. The maximum Gasteiger partial charge on any atom is 0.126 e. The summed E-state index contributed by atoms with van der Waals surface area (Å²) < 4.78 is 11.8. The largest absolute Gasteiger partial charge is 0.493 e. The lowest BCUT2D eigenvalue weighted by Gasteiger charge is -2.19. The van der Waals surface area contributed by atoms with Gasteiger partial charge in [0, 0.05) is 12.3 Å². The second-order valence-corrected chi connectivity index (χ2v) is 7.02. The average Bonchev–Trinajstić information content (AvgIpc) is 2.60. The molecule has 0 aliphatic rings. The van der Waals surface area contributed by atoms with Gasteiger partial charge in [-0.2, -0.15) is 5.26 Å². The van der Waals surface area contributed by atoms with Crippen molar-refractivity contribution in [3.63, 3.8) is 0 Å². The van der Waals surface area contributed by atoms with Crippen LogP contribution in [0.3, 0.4) is 0 Å². The third-order valence-corrected chi connectivity index (χ3v) is 3.61. The Bertz CT molecular complexity index is 749. The molecule has 1 N–H and O–H groups in total. The van der Waals surface area contributed by atoms with Crippen molar-refractivity contribution >= 4 is 5.82 Å². The lowest BCUT2D eigenvalue weighted by atomic mass is 10.1. The minimum Gasteiger partial charge on any atom is -0.493 e. The van der Waals surface area contributed by atoms with Gasteiger partial charge in [-0.1, -0.05) is 13.8 Å². The second kappa shape index (κ2) is 9.10. The molecule has 2 aromatic rings. The summed E-state index contributed by atoms with van der Waals surface area (Å²) in [5.74, 6) is 2.76. The molecule has 0 saturated carbocycles. The molecule has 0 amide bonds. The van der Waals surface area contributed by atoms with E-state index >= 15 is 0 Å². The minimum atomic E-state index is 0.00699. The fourth-order valence-corrected chi connectivity index (χ4v) is 2.38. The van der Waals surface area contributed by atoms with Gasteiger partial charge in [-0.3, -0.25) is 0 Å². The Balaban J connectivity index is 2.20. The summed E-state index contributed by atoms with van der Waals surface area (Å²) in [4.78, 5) is 4.27. The Hall–Kier alpha value is -2.74. The van der Waals surface area contributed by atoms with Crippen molar-refractivity contribution in [1.29, 1.82) is 5.26 Å². The highest BCUT2D eigenvalue weighted by atomic mass is 16.5. The van der Waals surface area contributed by atoms with E-state index in [0.29, 0.717) is 18.1 Å². The van der Waals surface area contributed by atoms with Crippen LogP contribution in [0.5, 0.6) is 11.5 Å². The van der Waals surface area contributed by atoms with Crippen molar-refractivity contribution in [3.8, 4) is 17.6 Å². The van der Waals surface area contributed by atoms with Crippen molar-refractivity contribution in [2.24, 2.45) is 5.92 Å². The molecule has 1 unspecified atom stereocenters. The summed E-state index contributed by atoms with van der Waals surface area (Å²) >= 11 is 0. The van der Waals surface area contributed by atoms with Gasteiger partial charge in [-0.15, -0.1) is 0 Å². The number of nitrogens with zero attached hydrogens (tertiary/aromatic N) is 2. The number of ether oxygens (including phenoxy) is 2. The molecular formula is C21H27N3O2. The minimum absolute atomic E-state index is 0.00699. The van der Waals surface area contributed by atoms with Crippen molar-refractivity contribution in [2.45, 2.75) is 46.8 Å². The predicted octanol–water partition coefficient (Wildman–Crippen LogP) is 4.95. The van der Waals surface area contributed by atoms with Gasteiger partial charge in [0.05, 0.1) is 24.3 Å². The third kappa shape index (κ3) is 5.96.